The lowest BCUT2D eigenvalue weighted by Crippen LogP contribution is -2.43. The molecule has 1 saturated carbocycles. The largest absolute Gasteiger partial charge is 0.367 e. The number of morpholine rings is 1. The highest BCUT2D eigenvalue weighted by atomic mass is 35.5. The van der Waals surface area contributed by atoms with E-state index in [1.54, 1.807) is 18.3 Å². The highest BCUT2D eigenvalue weighted by Gasteiger charge is 2.31. The molecule has 0 radical (unpaired) electrons. The van der Waals surface area contributed by atoms with Gasteiger partial charge in [0.25, 0.3) is 0 Å². The summed E-state index contributed by atoms with van der Waals surface area (Å²) in [6.45, 7) is 5.02. The molecular weight excluding hydrogens is 457 g/mol. The maximum Gasteiger partial charge on any atom is 0.228 e. The molecular formula is C24H23ClFN7O. The van der Waals surface area contributed by atoms with Crippen LogP contribution in [-0.4, -0.2) is 48.9 Å². The van der Waals surface area contributed by atoms with Gasteiger partial charge >= 0.3 is 0 Å². The van der Waals surface area contributed by atoms with Crippen LogP contribution < -0.4 is 4.90 Å². The van der Waals surface area contributed by atoms with Crippen molar-refractivity contribution in [2.24, 2.45) is 0 Å². The van der Waals surface area contributed by atoms with Crippen molar-refractivity contribution in [1.82, 2.24) is 29.7 Å². The van der Waals surface area contributed by atoms with Crippen molar-refractivity contribution >= 4 is 28.7 Å². The average molecular weight is 480 g/mol. The van der Waals surface area contributed by atoms with Crippen LogP contribution in [0.1, 0.15) is 43.2 Å². The van der Waals surface area contributed by atoms with E-state index in [0.29, 0.717) is 52.5 Å². The summed E-state index contributed by atoms with van der Waals surface area (Å²) in [5.41, 5.74) is 3.31. The van der Waals surface area contributed by atoms with Gasteiger partial charge < -0.3 is 9.64 Å². The predicted molar refractivity (Wildman–Crippen MR) is 126 cm³/mol. The van der Waals surface area contributed by atoms with Gasteiger partial charge in [-0.05, 0) is 44.9 Å². The Bertz CT molecular complexity index is 1390. The van der Waals surface area contributed by atoms with E-state index in [1.807, 2.05) is 24.7 Å². The number of hydrogen-bond donors (Lipinski definition) is 0. The van der Waals surface area contributed by atoms with Gasteiger partial charge in [0.1, 0.15) is 23.1 Å². The smallest absolute Gasteiger partial charge is 0.228 e. The van der Waals surface area contributed by atoms with E-state index in [9.17, 15) is 4.39 Å². The highest BCUT2D eigenvalue weighted by Crippen LogP contribution is 2.36. The van der Waals surface area contributed by atoms with Gasteiger partial charge in [0.15, 0.2) is 5.65 Å². The van der Waals surface area contributed by atoms with Gasteiger partial charge in [0, 0.05) is 35.1 Å². The third-order valence-corrected chi connectivity index (χ3v) is 6.40. The molecule has 0 bridgehead atoms. The van der Waals surface area contributed by atoms with Gasteiger partial charge in [-0.25, -0.2) is 19.3 Å². The summed E-state index contributed by atoms with van der Waals surface area (Å²) in [4.78, 5) is 20.6. The number of benzene rings is 1. The first-order valence-corrected chi connectivity index (χ1v) is 11.7. The lowest BCUT2D eigenvalue weighted by molar-refractivity contribution is -0.0178. The van der Waals surface area contributed by atoms with Crippen LogP contribution in [-0.2, 0) is 4.74 Å². The second-order valence-electron chi connectivity index (χ2n) is 9.01. The minimum absolute atomic E-state index is 0.0540. The molecule has 6 rings (SSSR count). The van der Waals surface area contributed by atoms with E-state index in [1.165, 1.54) is 18.9 Å². The van der Waals surface area contributed by atoms with Crippen molar-refractivity contribution in [3.8, 4) is 11.3 Å². The molecule has 0 amide bonds. The van der Waals surface area contributed by atoms with Crippen molar-refractivity contribution in [3.63, 3.8) is 0 Å². The van der Waals surface area contributed by atoms with Gasteiger partial charge in [-0.3, -0.25) is 4.68 Å². The van der Waals surface area contributed by atoms with Crippen LogP contribution in [0.5, 0.6) is 0 Å². The zero-order valence-corrected chi connectivity index (χ0v) is 19.6. The molecule has 2 atom stereocenters. The number of aromatic nitrogens is 6. The van der Waals surface area contributed by atoms with Gasteiger partial charge in [0.2, 0.25) is 5.95 Å². The fraction of sp³-hybridized carbons (Fsp3) is 0.375. The maximum atomic E-state index is 14.9. The predicted octanol–water partition coefficient (Wildman–Crippen LogP) is 4.69. The number of anilines is 1. The quantitative estimate of drug-likeness (QED) is 0.420. The van der Waals surface area contributed by atoms with E-state index in [2.05, 4.69) is 26.2 Å². The molecule has 3 aromatic heterocycles. The first kappa shape index (κ1) is 21.4. The van der Waals surface area contributed by atoms with Gasteiger partial charge in [-0.15, -0.1) is 0 Å². The molecule has 1 aliphatic carbocycles. The van der Waals surface area contributed by atoms with E-state index in [4.69, 9.17) is 26.3 Å². The summed E-state index contributed by atoms with van der Waals surface area (Å²) in [5.74, 6) is -0.00646. The van der Waals surface area contributed by atoms with Crippen LogP contribution in [0.15, 0.2) is 36.8 Å². The van der Waals surface area contributed by atoms with Crippen LogP contribution in [0.25, 0.3) is 22.4 Å². The van der Waals surface area contributed by atoms with Crippen molar-refractivity contribution in [2.45, 2.75) is 44.9 Å². The Labute approximate surface area is 200 Å². The monoisotopic (exact) mass is 479 g/mol. The van der Waals surface area contributed by atoms with Crippen LogP contribution >= 0.6 is 11.6 Å². The SMILES string of the molecule is Cc1cnc2c(-c3ccc(Cl)cc3F)nc(N3CC(C)OC(c4cnn(C5CC5)c4)C3)nc2n1. The topological polar surface area (TPSA) is 81.9 Å². The van der Waals surface area contributed by atoms with E-state index < -0.39 is 5.82 Å². The number of fused-ring (bicyclic) bond motifs is 1. The summed E-state index contributed by atoms with van der Waals surface area (Å²) in [7, 11) is 0. The summed E-state index contributed by atoms with van der Waals surface area (Å²) in [6.07, 6.45) is 7.70. The fourth-order valence-corrected chi connectivity index (χ4v) is 4.51. The first-order chi connectivity index (χ1) is 16.4. The molecule has 1 aromatic carbocycles. The average Bonchev–Trinajstić information content (AvgIpc) is 3.54. The molecule has 0 spiro atoms. The Hall–Kier alpha value is -3.17. The second kappa shape index (κ2) is 8.25. The summed E-state index contributed by atoms with van der Waals surface area (Å²) in [6, 6.07) is 5.03. The summed E-state index contributed by atoms with van der Waals surface area (Å²) in [5, 5.41) is 4.83. The Kier molecular flexibility index (Phi) is 5.18. The van der Waals surface area contributed by atoms with Crippen LogP contribution in [0.3, 0.4) is 0 Å². The van der Waals surface area contributed by atoms with Gasteiger partial charge in [-0.2, -0.15) is 10.1 Å². The molecule has 2 unspecified atom stereocenters. The summed E-state index contributed by atoms with van der Waals surface area (Å²) < 4.78 is 23.2. The van der Waals surface area contributed by atoms with Gasteiger partial charge in [-0.1, -0.05) is 11.6 Å². The van der Waals surface area contributed by atoms with Crippen molar-refractivity contribution in [3.05, 3.63) is 58.9 Å². The molecule has 8 nitrogen and oxygen atoms in total. The zero-order chi connectivity index (χ0) is 23.4. The fourth-order valence-electron chi connectivity index (χ4n) is 4.35. The molecule has 1 saturated heterocycles. The molecule has 0 N–H and O–H groups in total. The van der Waals surface area contributed by atoms with Crippen molar-refractivity contribution in [1.29, 1.82) is 0 Å². The van der Waals surface area contributed by atoms with Crippen LogP contribution in [0.4, 0.5) is 10.3 Å². The Balaban J connectivity index is 1.41. The Morgan fingerprint density at radius 2 is 1.97 bits per heavy atom. The number of halogens is 2. The van der Waals surface area contributed by atoms with Crippen molar-refractivity contribution in [2.75, 3.05) is 18.0 Å². The minimum Gasteiger partial charge on any atom is -0.367 e. The number of hydrogen-bond acceptors (Lipinski definition) is 7. The van der Waals surface area contributed by atoms with Crippen LogP contribution in [0, 0.1) is 12.7 Å². The third-order valence-electron chi connectivity index (χ3n) is 6.16. The highest BCUT2D eigenvalue weighted by molar-refractivity contribution is 6.30. The Morgan fingerprint density at radius 3 is 2.76 bits per heavy atom. The molecule has 34 heavy (non-hydrogen) atoms. The maximum absolute atomic E-state index is 14.9. The molecule has 2 fully saturated rings. The zero-order valence-electron chi connectivity index (χ0n) is 18.8. The standard InChI is InChI=1S/C24H23ClFN7O/c1-13-8-27-22-21(18-6-3-16(25)7-19(18)26)30-24(31-23(22)29-13)32-10-14(2)34-20(12-32)15-9-28-33(11-15)17-4-5-17/h3,6-9,11,14,17,20H,4-5,10,12H2,1-2H3. The minimum atomic E-state index is -0.471. The normalized spacial score (nSPS) is 20.8. The number of ether oxygens (including phenoxy) is 1. The van der Waals surface area contributed by atoms with Gasteiger partial charge in [0.05, 0.1) is 30.6 Å². The number of rotatable bonds is 4. The van der Waals surface area contributed by atoms with E-state index in [0.717, 1.165) is 11.3 Å². The lowest BCUT2D eigenvalue weighted by atomic mass is 10.1. The second-order valence-corrected chi connectivity index (χ2v) is 9.44. The molecule has 2 aliphatic rings. The van der Waals surface area contributed by atoms with E-state index >= 15 is 0 Å². The van der Waals surface area contributed by atoms with E-state index in [-0.39, 0.29) is 12.2 Å². The first-order valence-electron chi connectivity index (χ1n) is 11.4. The molecule has 4 heterocycles. The number of nitrogens with zero attached hydrogens (tertiary/aromatic N) is 7. The van der Waals surface area contributed by atoms with Crippen LogP contribution in [0.2, 0.25) is 5.02 Å². The Morgan fingerprint density at radius 1 is 1.12 bits per heavy atom. The number of aryl methyl sites for hydroxylation is 1. The molecule has 174 valence electrons. The summed E-state index contributed by atoms with van der Waals surface area (Å²) >= 11 is 5.98. The lowest BCUT2D eigenvalue weighted by Gasteiger charge is -2.36. The molecule has 1 aliphatic heterocycles. The molecule has 10 heteroatoms. The molecule has 4 aromatic rings. The van der Waals surface area contributed by atoms with Crippen molar-refractivity contribution < 1.29 is 9.13 Å². The third kappa shape index (κ3) is 3.99.